The van der Waals surface area contributed by atoms with E-state index in [0.717, 1.165) is 64.5 Å². The first kappa shape index (κ1) is 37.1. The van der Waals surface area contributed by atoms with Crippen LogP contribution in [0.4, 0.5) is 0 Å². The van der Waals surface area contributed by atoms with Gasteiger partial charge in [-0.15, -0.1) is 0 Å². The van der Waals surface area contributed by atoms with Gasteiger partial charge in [0.1, 0.15) is 11.8 Å². The second-order valence-electron chi connectivity index (χ2n) is 10.5. The van der Waals surface area contributed by atoms with Gasteiger partial charge in [0, 0.05) is 19.6 Å². The molecule has 43 heavy (non-hydrogen) atoms. The number of aromatic hydroxyl groups is 1. The molecule has 0 spiro atoms. The summed E-state index contributed by atoms with van der Waals surface area (Å²) in [6, 6.07) is 4.52. The number of rotatable bonds is 24. The van der Waals surface area contributed by atoms with Crippen LogP contribution in [0.2, 0.25) is 0 Å². The van der Waals surface area contributed by atoms with Crippen molar-refractivity contribution in [3.63, 3.8) is 0 Å². The smallest absolute Gasteiger partial charge is 0.243 e. The van der Waals surface area contributed by atoms with Gasteiger partial charge in [-0.3, -0.25) is 24.2 Å². The lowest BCUT2D eigenvalue weighted by molar-refractivity contribution is -0.131. The predicted octanol–water partition coefficient (Wildman–Crippen LogP) is -0.771. The second kappa shape index (κ2) is 22.7. The molecule has 0 saturated heterocycles. The number of hydrogen-bond acceptors (Lipinski definition) is 8. The summed E-state index contributed by atoms with van der Waals surface area (Å²) in [4.78, 5) is 52.0. The van der Waals surface area contributed by atoms with Gasteiger partial charge in [-0.1, -0.05) is 37.8 Å². The molecule has 0 radical (unpaired) electrons. The molecule has 1 aromatic rings. The second-order valence-corrected chi connectivity index (χ2v) is 10.5. The normalized spacial score (nSPS) is 12.1. The van der Waals surface area contributed by atoms with Gasteiger partial charge in [-0.2, -0.15) is 0 Å². The molecule has 0 saturated carbocycles. The van der Waals surface area contributed by atoms with Gasteiger partial charge in [-0.25, -0.2) is 0 Å². The Morgan fingerprint density at radius 1 is 0.767 bits per heavy atom. The van der Waals surface area contributed by atoms with Gasteiger partial charge in [-0.05, 0) is 62.9 Å². The Labute approximate surface area is 254 Å². The van der Waals surface area contributed by atoms with Crippen molar-refractivity contribution in [1.82, 2.24) is 21.3 Å². The van der Waals surface area contributed by atoms with Gasteiger partial charge >= 0.3 is 0 Å². The third-order valence-electron chi connectivity index (χ3n) is 6.59. The molecule has 2 atom stereocenters. The minimum atomic E-state index is -1.03. The zero-order valence-corrected chi connectivity index (χ0v) is 25.1. The molecule has 242 valence electrons. The average Bonchev–Trinajstić information content (AvgIpc) is 2.95. The quantitative estimate of drug-likeness (QED) is 0.0407. The largest absolute Gasteiger partial charge is 0.508 e. The Kier molecular flexibility index (Phi) is 19.6. The molecule has 1 aromatic carbocycles. The number of nitrogens with two attached hydrogens (primary N) is 4. The molecular formula is C29H51N9O5. The number of nitrogens with one attached hydrogen (secondary N) is 4. The van der Waals surface area contributed by atoms with E-state index in [9.17, 15) is 24.3 Å². The van der Waals surface area contributed by atoms with Gasteiger partial charge in [0.2, 0.25) is 23.6 Å². The number of nitrogens with zero attached hydrogens (tertiary/aromatic N) is 1. The van der Waals surface area contributed by atoms with Crippen LogP contribution < -0.4 is 44.2 Å². The molecule has 0 unspecified atom stereocenters. The highest BCUT2D eigenvalue weighted by atomic mass is 16.3. The number of unbranched alkanes of at least 4 members (excludes halogenated alkanes) is 6. The zero-order valence-electron chi connectivity index (χ0n) is 25.1. The van der Waals surface area contributed by atoms with E-state index in [1.54, 1.807) is 12.1 Å². The molecule has 14 nitrogen and oxygen atoms in total. The van der Waals surface area contributed by atoms with Crippen LogP contribution >= 0.6 is 0 Å². The van der Waals surface area contributed by atoms with Crippen LogP contribution in [0.5, 0.6) is 5.75 Å². The molecule has 0 bridgehead atoms. The number of guanidine groups is 1. The number of amides is 4. The molecule has 0 aromatic heterocycles. The SMILES string of the molecule is NC(=O)C[C@H](NC(=O)Cc1ccc(O)cc1)C(=O)NCCCCCCCNCCCCCNC(=O)[C@@H](N)CCN=C(N)N. The summed E-state index contributed by atoms with van der Waals surface area (Å²) >= 11 is 0. The van der Waals surface area contributed by atoms with Crippen LogP contribution in [0, 0.1) is 0 Å². The summed E-state index contributed by atoms with van der Waals surface area (Å²) in [7, 11) is 0. The van der Waals surface area contributed by atoms with E-state index in [-0.39, 0.29) is 30.5 Å². The molecule has 0 aliphatic carbocycles. The summed E-state index contributed by atoms with van der Waals surface area (Å²) in [6.07, 6.45) is 7.98. The third-order valence-corrected chi connectivity index (χ3v) is 6.59. The van der Waals surface area contributed by atoms with Crippen molar-refractivity contribution in [3.05, 3.63) is 29.8 Å². The van der Waals surface area contributed by atoms with Crippen molar-refractivity contribution >= 4 is 29.6 Å². The average molecular weight is 606 g/mol. The molecule has 4 amide bonds. The first-order chi connectivity index (χ1) is 20.6. The molecule has 0 aliphatic heterocycles. The molecular weight excluding hydrogens is 554 g/mol. The first-order valence-corrected chi connectivity index (χ1v) is 15.0. The summed E-state index contributed by atoms with van der Waals surface area (Å²) in [5, 5.41) is 21.0. The lowest BCUT2D eigenvalue weighted by Gasteiger charge is -2.17. The van der Waals surface area contributed by atoms with Crippen LogP contribution in [0.25, 0.3) is 0 Å². The Hall–Kier alpha value is -3.91. The standard InChI is InChI=1S/C29H51N9O5/c30-23(13-18-37-29(32)33)27(42)35-16-8-4-6-15-34-14-5-2-1-3-7-17-36-28(43)24(20-25(31)40)38-26(41)19-21-9-11-22(39)12-10-21/h9-12,23-24,34,39H,1-8,13-20,30H2,(H2,31,40)(H,35,42)(H,36,43)(H,38,41)(H4,32,33,37)/t23-,24-/m0/s1. The molecule has 1 rings (SSSR count). The van der Waals surface area contributed by atoms with Crippen molar-refractivity contribution in [2.75, 3.05) is 32.7 Å². The van der Waals surface area contributed by atoms with Crippen molar-refractivity contribution in [3.8, 4) is 5.75 Å². The van der Waals surface area contributed by atoms with Crippen LogP contribution in [-0.2, 0) is 25.6 Å². The van der Waals surface area contributed by atoms with Crippen molar-refractivity contribution in [1.29, 1.82) is 0 Å². The lowest BCUT2D eigenvalue weighted by Crippen LogP contribution is -2.49. The number of phenols is 1. The fourth-order valence-electron chi connectivity index (χ4n) is 4.18. The maximum Gasteiger partial charge on any atom is 0.243 e. The maximum atomic E-state index is 12.5. The molecule has 13 N–H and O–H groups in total. The Balaban J connectivity index is 2.03. The number of carbonyl (C=O) groups is 4. The lowest BCUT2D eigenvalue weighted by atomic mass is 10.1. The van der Waals surface area contributed by atoms with E-state index in [2.05, 4.69) is 26.3 Å². The number of phenolic OH excluding ortho intramolecular Hbond substituents is 1. The van der Waals surface area contributed by atoms with E-state index in [0.29, 0.717) is 31.6 Å². The monoisotopic (exact) mass is 605 g/mol. The van der Waals surface area contributed by atoms with E-state index >= 15 is 0 Å². The van der Waals surface area contributed by atoms with E-state index in [1.807, 2.05) is 0 Å². The fourth-order valence-corrected chi connectivity index (χ4v) is 4.18. The number of primary amides is 1. The number of carbonyl (C=O) groups excluding carboxylic acids is 4. The minimum absolute atomic E-state index is 0.0112. The number of benzene rings is 1. The highest BCUT2D eigenvalue weighted by Gasteiger charge is 2.22. The molecule has 0 heterocycles. The van der Waals surface area contributed by atoms with Gasteiger partial charge in [0.25, 0.3) is 0 Å². The minimum Gasteiger partial charge on any atom is -0.508 e. The summed E-state index contributed by atoms with van der Waals surface area (Å²) < 4.78 is 0. The third kappa shape index (κ3) is 19.8. The van der Waals surface area contributed by atoms with E-state index < -0.39 is 29.8 Å². The van der Waals surface area contributed by atoms with E-state index in [1.165, 1.54) is 12.1 Å². The van der Waals surface area contributed by atoms with Crippen LogP contribution in [0.3, 0.4) is 0 Å². The van der Waals surface area contributed by atoms with Crippen molar-refractivity contribution in [2.24, 2.45) is 27.9 Å². The Morgan fingerprint density at radius 2 is 1.30 bits per heavy atom. The Morgan fingerprint density at radius 3 is 1.88 bits per heavy atom. The van der Waals surface area contributed by atoms with Crippen molar-refractivity contribution < 1.29 is 24.3 Å². The van der Waals surface area contributed by atoms with Crippen LogP contribution in [0.15, 0.2) is 29.3 Å². The summed E-state index contributed by atoms with van der Waals surface area (Å²) in [5.41, 5.74) is 22.2. The fraction of sp³-hybridized carbons (Fsp3) is 0.621. The highest BCUT2D eigenvalue weighted by Crippen LogP contribution is 2.10. The Bertz CT molecular complexity index is 1000. The van der Waals surface area contributed by atoms with E-state index in [4.69, 9.17) is 22.9 Å². The van der Waals surface area contributed by atoms with Gasteiger partial charge in [0.05, 0.1) is 18.9 Å². The zero-order chi connectivity index (χ0) is 31.9. The first-order valence-electron chi connectivity index (χ1n) is 15.0. The van der Waals surface area contributed by atoms with Crippen molar-refractivity contribution in [2.45, 2.75) is 82.7 Å². The molecule has 0 aliphatic rings. The van der Waals surface area contributed by atoms with Crippen LogP contribution in [0.1, 0.15) is 69.8 Å². The topological polar surface area (TPSA) is 253 Å². The predicted molar refractivity (Wildman–Crippen MR) is 167 cm³/mol. The molecule has 0 fully saturated rings. The van der Waals surface area contributed by atoms with Gasteiger partial charge < -0.3 is 49.3 Å². The number of hydrogen-bond donors (Lipinski definition) is 9. The maximum absolute atomic E-state index is 12.5. The summed E-state index contributed by atoms with van der Waals surface area (Å²) in [6.45, 7) is 3.24. The van der Waals surface area contributed by atoms with Gasteiger partial charge in [0.15, 0.2) is 5.96 Å². The highest BCUT2D eigenvalue weighted by molar-refractivity contribution is 5.92. The number of aliphatic imine (C=N–C) groups is 1. The van der Waals surface area contributed by atoms with Crippen LogP contribution in [-0.4, -0.2) is 79.5 Å². The molecule has 14 heteroatoms. The summed E-state index contributed by atoms with van der Waals surface area (Å²) in [5.74, 6) is -1.64.